The van der Waals surface area contributed by atoms with E-state index < -0.39 is 0 Å². The molecule has 0 aliphatic carbocycles. The quantitative estimate of drug-likeness (QED) is 0.843. The van der Waals surface area contributed by atoms with Gasteiger partial charge in [-0.2, -0.15) is 0 Å². The molecule has 0 spiro atoms. The Kier molecular flexibility index (Phi) is 5.54. The number of piperidine rings is 1. The molecule has 2 rings (SSSR count). The van der Waals surface area contributed by atoms with Gasteiger partial charge >= 0.3 is 0 Å². The molecule has 2 heterocycles. The highest BCUT2D eigenvalue weighted by Gasteiger charge is 2.21. The number of nitrogens with one attached hydrogen (secondary N) is 1. The molecule has 1 aromatic rings. The molecule has 0 radical (unpaired) electrons. The predicted molar refractivity (Wildman–Crippen MR) is 76.2 cm³/mol. The summed E-state index contributed by atoms with van der Waals surface area (Å²) >= 11 is 0. The van der Waals surface area contributed by atoms with Gasteiger partial charge in [0.05, 0.1) is 6.61 Å². The number of aromatic nitrogens is 2. The van der Waals surface area contributed by atoms with E-state index in [-0.39, 0.29) is 0 Å². The summed E-state index contributed by atoms with van der Waals surface area (Å²) in [5.41, 5.74) is 1.14. The van der Waals surface area contributed by atoms with Crippen LogP contribution in [-0.2, 0) is 11.3 Å². The second kappa shape index (κ2) is 7.40. The fourth-order valence-electron chi connectivity index (χ4n) is 2.49. The molecule has 0 amide bonds. The van der Waals surface area contributed by atoms with E-state index in [1.54, 1.807) is 7.11 Å². The maximum Gasteiger partial charge on any atom is 0.225 e. The van der Waals surface area contributed by atoms with Crippen LogP contribution in [0, 0.1) is 5.92 Å². The van der Waals surface area contributed by atoms with Crippen molar-refractivity contribution in [2.75, 3.05) is 38.3 Å². The zero-order valence-corrected chi connectivity index (χ0v) is 11.9. The number of anilines is 1. The second-order valence-corrected chi connectivity index (χ2v) is 5.08. The van der Waals surface area contributed by atoms with Crippen LogP contribution < -0.4 is 10.2 Å². The molecule has 5 heteroatoms. The van der Waals surface area contributed by atoms with Crippen molar-refractivity contribution < 1.29 is 4.74 Å². The molecule has 1 aliphatic heterocycles. The Hall–Kier alpha value is -1.20. The maximum atomic E-state index is 5.25. The zero-order chi connectivity index (χ0) is 13.5. The molecule has 1 saturated heterocycles. The highest BCUT2D eigenvalue weighted by molar-refractivity contribution is 5.30. The summed E-state index contributed by atoms with van der Waals surface area (Å²) in [6, 6.07) is 0. The summed E-state index contributed by atoms with van der Waals surface area (Å²) in [6.45, 7) is 6.77. The molecule has 19 heavy (non-hydrogen) atoms. The standard InChI is InChI=1S/C14H24N4O/c1-3-15-7-13-8-16-14(17-9-13)18-6-4-5-12(10-18)11-19-2/h8-9,12,15H,3-7,10-11H2,1-2H3. The normalized spacial score (nSPS) is 19.7. The Bertz CT molecular complexity index is 366. The monoisotopic (exact) mass is 264 g/mol. The van der Waals surface area contributed by atoms with Gasteiger partial charge in [0.15, 0.2) is 0 Å². The van der Waals surface area contributed by atoms with E-state index in [4.69, 9.17) is 4.74 Å². The summed E-state index contributed by atoms with van der Waals surface area (Å²) in [4.78, 5) is 11.2. The molecule has 0 aromatic carbocycles. The van der Waals surface area contributed by atoms with Crippen LogP contribution in [0.3, 0.4) is 0 Å². The van der Waals surface area contributed by atoms with Gasteiger partial charge in [-0.1, -0.05) is 6.92 Å². The maximum absolute atomic E-state index is 5.25. The first-order valence-electron chi connectivity index (χ1n) is 7.09. The van der Waals surface area contributed by atoms with Gasteiger partial charge in [0.25, 0.3) is 0 Å². The summed E-state index contributed by atoms with van der Waals surface area (Å²) in [7, 11) is 1.77. The molecule has 106 valence electrons. The van der Waals surface area contributed by atoms with Crippen LogP contribution >= 0.6 is 0 Å². The van der Waals surface area contributed by atoms with Gasteiger partial charge in [0, 0.05) is 44.7 Å². The van der Waals surface area contributed by atoms with Crippen LogP contribution in [0.5, 0.6) is 0 Å². The third-order valence-corrected chi connectivity index (χ3v) is 3.48. The van der Waals surface area contributed by atoms with Crippen molar-refractivity contribution in [1.82, 2.24) is 15.3 Å². The van der Waals surface area contributed by atoms with E-state index in [1.165, 1.54) is 12.8 Å². The first kappa shape index (κ1) is 14.2. The fourth-order valence-corrected chi connectivity index (χ4v) is 2.49. The SMILES string of the molecule is CCNCc1cnc(N2CCCC(COC)C2)nc1. The van der Waals surface area contributed by atoms with Gasteiger partial charge in [-0.15, -0.1) is 0 Å². The minimum atomic E-state index is 0.601. The van der Waals surface area contributed by atoms with E-state index in [2.05, 4.69) is 27.1 Å². The molecule has 5 nitrogen and oxygen atoms in total. The highest BCUT2D eigenvalue weighted by atomic mass is 16.5. The van der Waals surface area contributed by atoms with Crippen molar-refractivity contribution in [3.63, 3.8) is 0 Å². The molecule has 1 aromatic heterocycles. The molecule has 1 unspecified atom stereocenters. The molecule has 1 atom stereocenters. The Labute approximate surface area is 115 Å². The van der Waals surface area contributed by atoms with Crippen molar-refractivity contribution >= 4 is 5.95 Å². The third-order valence-electron chi connectivity index (χ3n) is 3.48. The minimum Gasteiger partial charge on any atom is -0.384 e. The number of hydrogen-bond donors (Lipinski definition) is 1. The van der Waals surface area contributed by atoms with Crippen molar-refractivity contribution in [1.29, 1.82) is 0 Å². The summed E-state index contributed by atoms with van der Waals surface area (Å²) < 4.78 is 5.25. The van der Waals surface area contributed by atoms with E-state index in [9.17, 15) is 0 Å². The van der Waals surface area contributed by atoms with E-state index in [0.29, 0.717) is 5.92 Å². The third kappa shape index (κ3) is 4.14. The summed E-state index contributed by atoms with van der Waals surface area (Å²) in [5, 5.41) is 3.28. The van der Waals surface area contributed by atoms with Crippen LogP contribution in [0.15, 0.2) is 12.4 Å². The van der Waals surface area contributed by atoms with Crippen molar-refractivity contribution in [3.8, 4) is 0 Å². The van der Waals surface area contributed by atoms with Crippen molar-refractivity contribution in [2.24, 2.45) is 5.92 Å². The smallest absolute Gasteiger partial charge is 0.225 e. The number of ether oxygens (including phenoxy) is 1. The van der Waals surface area contributed by atoms with E-state index >= 15 is 0 Å². The number of hydrogen-bond acceptors (Lipinski definition) is 5. The molecule has 1 fully saturated rings. The van der Waals surface area contributed by atoms with Gasteiger partial charge in [-0.25, -0.2) is 9.97 Å². The lowest BCUT2D eigenvalue weighted by atomic mass is 9.99. The molecule has 1 N–H and O–H groups in total. The van der Waals surface area contributed by atoms with Crippen LogP contribution in [-0.4, -0.2) is 43.3 Å². The van der Waals surface area contributed by atoms with Crippen molar-refractivity contribution in [3.05, 3.63) is 18.0 Å². The molecule has 1 aliphatic rings. The lowest BCUT2D eigenvalue weighted by Gasteiger charge is -2.32. The highest BCUT2D eigenvalue weighted by Crippen LogP contribution is 2.20. The van der Waals surface area contributed by atoms with Gasteiger partial charge in [-0.3, -0.25) is 0 Å². The Morgan fingerprint density at radius 3 is 2.89 bits per heavy atom. The van der Waals surface area contributed by atoms with E-state index in [1.807, 2.05) is 12.4 Å². The molecular weight excluding hydrogens is 240 g/mol. The van der Waals surface area contributed by atoms with Crippen LogP contribution in [0.2, 0.25) is 0 Å². The van der Waals surface area contributed by atoms with Crippen molar-refractivity contribution in [2.45, 2.75) is 26.3 Å². The first-order valence-corrected chi connectivity index (χ1v) is 7.09. The largest absolute Gasteiger partial charge is 0.384 e. The van der Waals surface area contributed by atoms with Crippen LogP contribution in [0.1, 0.15) is 25.3 Å². The number of methoxy groups -OCH3 is 1. The topological polar surface area (TPSA) is 50.3 Å². The minimum absolute atomic E-state index is 0.601. The molecule has 0 saturated carbocycles. The average molecular weight is 264 g/mol. The Balaban J connectivity index is 1.93. The van der Waals surface area contributed by atoms with Crippen LogP contribution in [0.25, 0.3) is 0 Å². The summed E-state index contributed by atoms with van der Waals surface area (Å²) in [5.74, 6) is 1.45. The van der Waals surface area contributed by atoms with Gasteiger partial charge < -0.3 is 15.0 Å². The van der Waals surface area contributed by atoms with Gasteiger partial charge in [0.1, 0.15) is 0 Å². The van der Waals surface area contributed by atoms with Gasteiger partial charge in [-0.05, 0) is 25.3 Å². The number of nitrogens with zero attached hydrogens (tertiary/aromatic N) is 3. The van der Waals surface area contributed by atoms with E-state index in [0.717, 1.165) is 44.3 Å². The van der Waals surface area contributed by atoms with Crippen LogP contribution in [0.4, 0.5) is 5.95 Å². The fraction of sp³-hybridized carbons (Fsp3) is 0.714. The number of rotatable bonds is 6. The lowest BCUT2D eigenvalue weighted by Crippen LogP contribution is -2.38. The molecular formula is C14H24N4O. The average Bonchev–Trinajstić information content (AvgIpc) is 2.46. The second-order valence-electron chi connectivity index (χ2n) is 5.08. The lowest BCUT2D eigenvalue weighted by molar-refractivity contribution is 0.143. The first-order chi connectivity index (χ1) is 9.33. The van der Waals surface area contributed by atoms with Gasteiger partial charge in [0.2, 0.25) is 5.95 Å². The Morgan fingerprint density at radius 2 is 2.21 bits per heavy atom. The predicted octanol–water partition coefficient (Wildman–Crippen LogP) is 1.45. The zero-order valence-electron chi connectivity index (χ0n) is 11.9. The Morgan fingerprint density at radius 1 is 1.42 bits per heavy atom. The molecule has 0 bridgehead atoms. The summed E-state index contributed by atoms with van der Waals surface area (Å²) in [6.07, 6.45) is 6.27.